The van der Waals surface area contributed by atoms with Crippen molar-refractivity contribution < 1.29 is 4.79 Å². The molecule has 120 valence electrons. The second-order valence-electron chi connectivity index (χ2n) is 6.01. The van der Waals surface area contributed by atoms with Crippen molar-refractivity contribution in [1.82, 2.24) is 0 Å². The predicted octanol–water partition coefficient (Wildman–Crippen LogP) is 4.89. The van der Waals surface area contributed by atoms with Gasteiger partial charge in [-0.3, -0.25) is 4.79 Å². The minimum Gasteiger partial charge on any atom is -0.372 e. The van der Waals surface area contributed by atoms with E-state index in [1.54, 1.807) is 12.1 Å². The summed E-state index contributed by atoms with van der Waals surface area (Å²) in [5, 5.41) is 3.53. The molecule has 1 aliphatic rings. The number of piperidine rings is 1. The number of aryl methyl sites for hydroxylation is 1. The van der Waals surface area contributed by atoms with E-state index in [0.29, 0.717) is 10.6 Å². The third-order valence-corrected chi connectivity index (χ3v) is 4.69. The normalized spacial score (nSPS) is 14.6. The van der Waals surface area contributed by atoms with Gasteiger partial charge < -0.3 is 10.2 Å². The van der Waals surface area contributed by atoms with E-state index < -0.39 is 0 Å². The molecule has 3 nitrogen and oxygen atoms in total. The second-order valence-corrected chi connectivity index (χ2v) is 6.42. The Balaban J connectivity index is 1.67. The van der Waals surface area contributed by atoms with Crippen LogP contribution in [0.4, 0.5) is 11.4 Å². The van der Waals surface area contributed by atoms with Gasteiger partial charge in [0.2, 0.25) is 0 Å². The topological polar surface area (TPSA) is 32.3 Å². The molecule has 0 spiro atoms. The third kappa shape index (κ3) is 3.85. The van der Waals surface area contributed by atoms with Crippen LogP contribution in [-0.2, 0) is 0 Å². The van der Waals surface area contributed by atoms with Crippen molar-refractivity contribution in [3.8, 4) is 0 Å². The first kappa shape index (κ1) is 15.9. The number of hydrogen-bond acceptors (Lipinski definition) is 2. The van der Waals surface area contributed by atoms with Crippen LogP contribution >= 0.6 is 11.6 Å². The van der Waals surface area contributed by atoms with E-state index in [0.717, 1.165) is 24.3 Å². The molecular weight excluding hydrogens is 308 g/mol. The third-order valence-electron chi connectivity index (χ3n) is 4.28. The van der Waals surface area contributed by atoms with Crippen molar-refractivity contribution >= 4 is 28.9 Å². The molecule has 0 unspecified atom stereocenters. The number of amides is 1. The molecule has 0 radical (unpaired) electrons. The maximum absolute atomic E-state index is 12.3. The first-order chi connectivity index (χ1) is 11.1. The van der Waals surface area contributed by atoms with E-state index in [2.05, 4.69) is 22.3 Å². The lowest BCUT2D eigenvalue weighted by Crippen LogP contribution is -2.29. The summed E-state index contributed by atoms with van der Waals surface area (Å²) in [6.07, 6.45) is 3.84. The van der Waals surface area contributed by atoms with Gasteiger partial charge in [-0.25, -0.2) is 0 Å². The molecule has 1 amide bonds. The van der Waals surface area contributed by atoms with Crippen LogP contribution in [0.1, 0.15) is 35.2 Å². The Morgan fingerprint density at radius 2 is 1.74 bits per heavy atom. The van der Waals surface area contributed by atoms with Crippen LogP contribution in [0, 0.1) is 6.92 Å². The molecule has 1 fully saturated rings. The van der Waals surface area contributed by atoms with Crippen molar-refractivity contribution in [2.45, 2.75) is 26.2 Å². The zero-order valence-corrected chi connectivity index (χ0v) is 14.1. The molecule has 2 aromatic carbocycles. The Bertz CT molecular complexity index is 691. The number of carbonyl (C=O) groups is 1. The smallest absolute Gasteiger partial charge is 0.255 e. The second kappa shape index (κ2) is 7.05. The summed E-state index contributed by atoms with van der Waals surface area (Å²) in [5.74, 6) is -0.141. The van der Waals surface area contributed by atoms with Gasteiger partial charge in [-0.2, -0.15) is 0 Å². The Morgan fingerprint density at radius 1 is 1.04 bits per heavy atom. The predicted molar refractivity (Wildman–Crippen MR) is 96.6 cm³/mol. The minimum atomic E-state index is -0.141. The molecule has 0 aromatic heterocycles. The van der Waals surface area contributed by atoms with Crippen molar-refractivity contribution in [3.63, 3.8) is 0 Å². The zero-order valence-electron chi connectivity index (χ0n) is 13.3. The molecule has 1 aliphatic heterocycles. The summed E-state index contributed by atoms with van der Waals surface area (Å²) in [6, 6.07) is 13.4. The standard InChI is InChI=1S/C19H21ClN2O/c1-14-5-6-15(13-18(14)20)19(23)21-16-7-9-17(10-8-16)22-11-3-2-4-12-22/h5-10,13H,2-4,11-12H2,1H3,(H,21,23). The van der Waals surface area contributed by atoms with Crippen LogP contribution in [0.2, 0.25) is 5.02 Å². The van der Waals surface area contributed by atoms with Crippen LogP contribution in [0.3, 0.4) is 0 Å². The number of nitrogens with zero attached hydrogens (tertiary/aromatic N) is 1. The molecule has 1 heterocycles. The number of benzene rings is 2. The quantitative estimate of drug-likeness (QED) is 0.870. The van der Waals surface area contributed by atoms with E-state index in [1.165, 1.54) is 24.9 Å². The van der Waals surface area contributed by atoms with Crippen molar-refractivity contribution in [2.24, 2.45) is 0 Å². The molecule has 0 bridgehead atoms. The van der Waals surface area contributed by atoms with Gasteiger partial charge in [-0.05, 0) is 68.1 Å². The van der Waals surface area contributed by atoms with E-state index in [9.17, 15) is 4.79 Å². The average Bonchev–Trinajstić information content (AvgIpc) is 2.59. The first-order valence-electron chi connectivity index (χ1n) is 8.06. The summed E-state index contributed by atoms with van der Waals surface area (Å²) in [5.41, 5.74) is 3.56. The molecule has 4 heteroatoms. The monoisotopic (exact) mass is 328 g/mol. The molecule has 1 N–H and O–H groups in total. The molecule has 0 aliphatic carbocycles. The summed E-state index contributed by atoms with van der Waals surface area (Å²) >= 11 is 6.08. The van der Waals surface area contributed by atoms with Crippen LogP contribution < -0.4 is 10.2 Å². The summed E-state index contributed by atoms with van der Waals surface area (Å²) < 4.78 is 0. The van der Waals surface area contributed by atoms with Gasteiger partial charge in [0.1, 0.15) is 0 Å². The minimum absolute atomic E-state index is 0.141. The largest absolute Gasteiger partial charge is 0.372 e. The fourth-order valence-corrected chi connectivity index (χ4v) is 3.03. The van der Waals surface area contributed by atoms with Gasteiger partial charge in [-0.1, -0.05) is 17.7 Å². The highest BCUT2D eigenvalue weighted by Gasteiger charge is 2.11. The zero-order chi connectivity index (χ0) is 16.2. The lowest BCUT2D eigenvalue weighted by molar-refractivity contribution is 0.102. The lowest BCUT2D eigenvalue weighted by Gasteiger charge is -2.28. The lowest BCUT2D eigenvalue weighted by atomic mass is 10.1. The molecule has 0 atom stereocenters. The molecular formula is C19H21ClN2O. The van der Waals surface area contributed by atoms with Crippen LogP contribution in [0.15, 0.2) is 42.5 Å². The Kier molecular flexibility index (Phi) is 4.87. The highest BCUT2D eigenvalue weighted by molar-refractivity contribution is 6.31. The van der Waals surface area contributed by atoms with E-state index in [1.807, 2.05) is 25.1 Å². The fourth-order valence-electron chi connectivity index (χ4n) is 2.85. The number of rotatable bonds is 3. The van der Waals surface area contributed by atoms with Crippen molar-refractivity contribution in [2.75, 3.05) is 23.3 Å². The molecule has 2 aromatic rings. The van der Waals surface area contributed by atoms with Gasteiger partial charge in [0.15, 0.2) is 0 Å². The highest BCUT2D eigenvalue weighted by atomic mass is 35.5. The maximum Gasteiger partial charge on any atom is 0.255 e. The summed E-state index contributed by atoms with van der Waals surface area (Å²) in [6.45, 7) is 4.16. The maximum atomic E-state index is 12.3. The van der Waals surface area contributed by atoms with E-state index in [4.69, 9.17) is 11.6 Å². The summed E-state index contributed by atoms with van der Waals surface area (Å²) in [7, 11) is 0. The molecule has 0 saturated carbocycles. The van der Waals surface area contributed by atoms with E-state index >= 15 is 0 Å². The molecule has 3 rings (SSSR count). The van der Waals surface area contributed by atoms with Gasteiger partial charge in [0.05, 0.1) is 0 Å². The number of hydrogen-bond donors (Lipinski definition) is 1. The van der Waals surface area contributed by atoms with E-state index in [-0.39, 0.29) is 5.91 Å². The van der Waals surface area contributed by atoms with Gasteiger partial charge >= 0.3 is 0 Å². The summed E-state index contributed by atoms with van der Waals surface area (Å²) in [4.78, 5) is 14.7. The number of nitrogens with one attached hydrogen (secondary N) is 1. The van der Waals surface area contributed by atoms with Gasteiger partial charge in [0.25, 0.3) is 5.91 Å². The Hall–Kier alpha value is -2.00. The van der Waals surface area contributed by atoms with Crippen molar-refractivity contribution in [3.05, 3.63) is 58.6 Å². The van der Waals surface area contributed by atoms with Crippen LogP contribution in [0.5, 0.6) is 0 Å². The molecule has 1 saturated heterocycles. The van der Waals surface area contributed by atoms with Gasteiger partial charge in [-0.15, -0.1) is 0 Å². The van der Waals surface area contributed by atoms with Crippen LogP contribution in [-0.4, -0.2) is 19.0 Å². The first-order valence-corrected chi connectivity index (χ1v) is 8.44. The van der Waals surface area contributed by atoms with Crippen molar-refractivity contribution in [1.29, 1.82) is 0 Å². The average molecular weight is 329 g/mol. The highest BCUT2D eigenvalue weighted by Crippen LogP contribution is 2.22. The van der Waals surface area contributed by atoms with Crippen LogP contribution in [0.25, 0.3) is 0 Å². The fraction of sp³-hybridized carbons (Fsp3) is 0.316. The number of carbonyl (C=O) groups excluding carboxylic acids is 1. The van der Waals surface area contributed by atoms with Gasteiger partial charge in [0, 0.05) is 35.1 Å². The number of halogens is 1. The number of anilines is 2. The molecule has 23 heavy (non-hydrogen) atoms. The SMILES string of the molecule is Cc1ccc(C(=O)Nc2ccc(N3CCCCC3)cc2)cc1Cl. The Labute approximate surface area is 142 Å². The Morgan fingerprint density at radius 3 is 2.39 bits per heavy atom.